The molecule has 0 aliphatic heterocycles. The molecule has 9 rings (SSSR count). The number of nitrogens with zero attached hydrogens (tertiary/aromatic N) is 3. The van der Waals surface area contributed by atoms with Gasteiger partial charge in [0.2, 0.25) is 0 Å². The minimum atomic E-state index is -1.38. The zero-order valence-corrected chi connectivity index (χ0v) is 40.6. The van der Waals surface area contributed by atoms with E-state index >= 15 is 0 Å². The average Bonchev–Trinajstić information content (AvgIpc) is 3.81. The van der Waals surface area contributed by atoms with Crippen LogP contribution in [0.15, 0.2) is 140 Å². The summed E-state index contributed by atoms with van der Waals surface area (Å²) in [5, 5.41) is 3.89. The number of thiophene rings is 1. The van der Waals surface area contributed by atoms with Crippen LogP contribution >= 0.6 is 11.3 Å². The molecule has 3 aromatic heterocycles. The molecule has 1 atom stereocenters. The van der Waals surface area contributed by atoms with Gasteiger partial charge in [-0.15, -0.1) is 54.1 Å². The summed E-state index contributed by atoms with van der Waals surface area (Å²) in [6.07, 6.45) is 2.12. The number of fused-ring (bicyclic) bond motifs is 4. The molecule has 9 aromatic rings. The van der Waals surface area contributed by atoms with Crippen molar-refractivity contribution in [3.05, 3.63) is 169 Å². The van der Waals surface area contributed by atoms with Crippen LogP contribution in [0, 0.1) is 23.9 Å². The number of para-hydroxylation sites is 1. The number of hydrogen-bond acceptors (Lipinski definition) is 3. The van der Waals surface area contributed by atoms with E-state index in [2.05, 4.69) is 169 Å². The predicted molar refractivity (Wildman–Crippen MR) is 257 cm³/mol. The van der Waals surface area contributed by atoms with Gasteiger partial charge >= 0.3 is 0 Å². The Kier molecular flexibility index (Phi) is 12.8. The molecule has 3 heterocycles. The molecule has 1 unspecified atom stereocenters. The standard InChI is InChI=1S/C35H26FN2S.C19H26NSi.Ir/c1-35(2,3)28-17-10-14-24(22-11-5-4-6-12-22)32(28)38-30-21-23(36)19-20-29(30)37-34(38)27-16-9-15-26-25-13-7-8-18-31(25)39-33(26)27;1-14(2)15(3)17-12-18(16-10-8-7-9-11-16)20-13-19(17)21(4,5)6;/h4-15,17-21H,1-3H3;7-10,12-15H,1-6H3;/q2*-1;. The predicted octanol–water partition coefficient (Wildman–Crippen LogP) is 14.8. The van der Waals surface area contributed by atoms with E-state index in [1.54, 1.807) is 23.5 Å². The van der Waals surface area contributed by atoms with Crippen LogP contribution in [0.25, 0.3) is 70.7 Å². The summed E-state index contributed by atoms with van der Waals surface area (Å²) in [6, 6.07) is 51.5. The molecule has 61 heavy (non-hydrogen) atoms. The summed E-state index contributed by atoms with van der Waals surface area (Å²) in [6.45, 7) is 20.8. The van der Waals surface area contributed by atoms with Gasteiger partial charge in [-0.05, 0) is 73.6 Å². The molecular formula is C54H52FIrN3SSi-2. The van der Waals surface area contributed by atoms with Crippen molar-refractivity contribution < 1.29 is 24.5 Å². The first-order valence-electron chi connectivity index (χ1n) is 20.9. The summed E-state index contributed by atoms with van der Waals surface area (Å²) in [5.41, 5.74) is 10.2. The van der Waals surface area contributed by atoms with E-state index in [0.29, 0.717) is 11.8 Å². The topological polar surface area (TPSA) is 30.7 Å². The van der Waals surface area contributed by atoms with E-state index in [1.807, 2.05) is 30.3 Å². The van der Waals surface area contributed by atoms with E-state index in [1.165, 1.54) is 32.3 Å². The molecule has 0 fully saturated rings. The van der Waals surface area contributed by atoms with Crippen molar-refractivity contribution in [1.82, 2.24) is 14.5 Å². The number of rotatable bonds is 7. The fourth-order valence-electron chi connectivity index (χ4n) is 8.07. The number of halogens is 1. The van der Waals surface area contributed by atoms with Gasteiger partial charge in [-0.25, -0.2) is 4.39 Å². The van der Waals surface area contributed by atoms with Crippen LogP contribution in [0.2, 0.25) is 19.6 Å². The maximum absolute atomic E-state index is 14.8. The van der Waals surface area contributed by atoms with Crippen LogP contribution in [0.4, 0.5) is 4.39 Å². The van der Waals surface area contributed by atoms with Gasteiger partial charge in [0.25, 0.3) is 0 Å². The van der Waals surface area contributed by atoms with Gasteiger partial charge < -0.3 is 9.55 Å². The Balaban J connectivity index is 0.000000217. The fraction of sp³-hybridized carbons (Fsp3) is 0.222. The Morgan fingerprint density at radius 2 is 1.49 bits per heavy atom. The van der Waals surface area contributed by atoms with Crippen LogP contribution in [-0.2, 0) is 25.5 Å². The third-order valence-corrected chi connectivity index (χ3v) is 14.8. The molecule has 1 radical (unpaired) electrons. The zero-order valence-electron chi connectivity index (χ0n) is 36.4. The molecule has 0 aliphatic carbocycles. The molecule has 0 saturated heterocycles. The second-order valence-electron chi connectivity index (χ2n) is 18.1. The fourth-order valence-corrected chi connectivity index (χ4v) is 10.9. The van der Waals surface area contributed by atoms with Crippen molar-refractivity contribution in [2.24, 2.45) is 5.92 Å². The van der Waals surface area contributed by atoms with Gasteiger partial charge in [-0.3, -0.25) is 4.98 Å². The Morgan fingerprint density at radius 3 is 2.20 bits per heavy atom. The summed E-state index contributed by atoms with van der Waals surface area (Å²) < 4.78 is 19.4. The van der Waals surface area contributed by atoms with Crippen molar-refractivity contribution in [2.75, 3.05) is 0 Å². The zero-order chi connectivity index (χ0) is 42.3. The molecule has 0 spiro atoms. The monoisotopic (exact) mass is 1010 g/mol. The van der Waals surface area contributed by atoms with E-state index in [0.717, 1.165) is 60.8 Å². The van der Waals surface area contributed by atoms with Crippen molar-refractivity contribution in [1.29, 1.82) is 0 Å². The summed E-state index contributed by atoms with van der Waals surface area (Å²) in [5.74, 6) is 1.67. The van der Waals surface area contributed by atoms with Gasteiger partial charge in [-0.1, -0.05) is 150 Å². The van der Waals surface area contributed by atoms with Gasteiger partial charge in [-0.2, -0.15) is 11.3 Å². The molecule has 7 heteroatoms. The number of benzene rings is 6. The normalized spacial score (nSPS) is 12.4. The van der Waals surface area contributed by atoms with Crippen LogP contribution in [0.3, 0.4) is 0 Å². The molecular weight excluding hydrogens is 962 g/mol. The number of imidazole rings is 1. The number of pyridine rings is 1. The van der Waals surface area contributed by atoms with Gasteiger partial charge in [0.15, 0.2) is 0 Å². The van der Waals surface area contributed by atoms with Crippen LogP contribution < -0.4 is 5.19 Å². The van der Waals surface area contributed by atoms with Crippen molar-refractivity contribution >= 4 is 55.8 Å². The van der Waals surface area contributed by atoms with Crippen molar-refractivity contribution in [3.8, 4) is 39.5 Å². The van der Waals surface area contributed by atoms with E-state index in [9.17, 15) is 4.39 Å². The van der Waals surface area contributed by atoms with Crippen molar-refractivity contribution in [3.63, 3.8) is 0 Å². The molecule has 0 amide bonds. The molecule has 0 bridgehead atoms. The molecule has 0 N–H and O–H groups in total. The number of hydrogen-bond donors (Lipinski definition) is 0. The molecule has 311 valence electrons. The van der Waals surface area contributed by atoms with E-state index in [4.69, 9.17) is 9.97 Å². The Bertz CT molecular complexity index is 2960. The second kappa shape index (κ2) is 17.7. The summed E-state index contributed by atoms with van der Waals surface area (Å²) in [7, 11) is -1.38. The first kappa shape index (κ1) is 44.0. The quantitative estimate of drug-likeness (QED) is 0.118. The molecule has 0 saturated carbocycles. The largest absolute Gasteiger partial charge is 0.332 e. The minimum Gasteiger partial charge on any atom is -0.332 e. The number of aromatic nitrogens is 3. The Labute approximate surface area is 379 Å². The first-order chi connectivity index (χ1) is 28.7. The SMILES string of the molecule is CC(C)(C)c1cccc(-c2ccccc2)c1-n1c(-c2[c-]ccc3c2sc2ccccc23)nc2ccc(F)cc21.CC(C)C(C)c1cc(-c2[c-]cccc2)ncc1[Si](C)(C)C.[Ir]. The van der Waals surface area contributed by atoms with Crippen molar-refractivity contribution in [2.45, 2.75) is 72.5 Å². The average molecular weight is 1010 g/mol. The Hall–Kier alpha value is -5.04. The maximum Gasteiger partial charge on any atom is 0.125 e. The minimum absolute atomic E-state index is 0. The van der Waals surface area contributed by atoms with E-state index in [-0.39, 0.29) is 31.3 Å². The molecule has 0 aliphatic rings. The van der Waals surface area contributed by atoms with E-state index < -0.39 is 8.07 Å². The second-order valence-corrected chi connectivity index (χ2v) is 24.2. The smallest absolute Gasteiger partial charge is 0.125 e. The van der Waals surface area contributed by atoms with Crippen LogP contribution in [0.1, 0.15) is 58.6 Å². The third-order valence-electron chi connectivity index (χ3n) is 11.6. The molecule has 6 aromatic carbocycles. The van der Waals surface area contributed by atoms with Crippen LogP contribution in [-0.4, -0.2) is 22.6 Å². The Morgan fingerprint density at radius 1 is 0.754 bits per heavy atom. The first-order valence-corrected chi connectivity index (χ1v) is 25.2. The van der Waals surface area contributed by atoms with Crippen LogP contribution in [0.5, 0.6) is 0 Å². The van der Waals surface area contributed by atoms with Gasteiger partial charge in [0, 0.05) is 36.6 Å². The summed E-state index contributed by atoms with van der Waals surface area (Å²) in [4.78, 5) is 9.87. The van der Waals surface area contributed by atoms with Gasteiger partial charge in [0.05, 0.1) is 30.6 Å². The van der Waals surface area contributed by atoms with Gasteiger partial charge in [0.1, 0.15) is 5.82 Å². The molecule has 3 nitrogen and oxygen atoms in total. The summed E-state index contributed by atoms with van der Waals surface area (Å²) >= 11 is 1.75. The maximum atomic E-state index is 14.8. The third kappa shape index (κ3) is 8.85.